The van der Waals surface area contributed by atoms with Gasteiger partial charge in [0.2, 0.25) is 0 Å². The zero-order valence-corrected chi connectivity index (χ0v) is 10.2. The van der Waals surface area contributed by atoms with Gasteiger partial charge in [0.1, 0.15) is 0 Å². The highest BCUT2D eigenvalue weighted by molar-refractivity contribution is 7.08. The third-order valence-corrected chi connectivity index (χ3v) is 3.71. The van der Waals surface area contributed by atoms with E-state index in [0.717, 1.165) is 11.1 Å². The summed E-state index contributed by atoms with van der Waals surface area (Å²) in [4.78, 5) is 23.7. The van der Waals surface area contributed by atoms with Gasteiger partial charge in [-0.3, -0.25) is 10.1 Å². The zero-order valence-electron chi connectivity index (χ0n) is 9.34. The fraction of sp³-hybridized carbons (Fsp3) is 0.0769. The topological polar surface area (TPSA) is 58.2 Å². The molecule has 90 valence electrons. The van der Waals surface area contributed by atoms with Crippen LogP contribution in [0.1, 0.15) is 11.1 Å². The molecule has 1 atom stereocenters. The summed E-state index contributed by atoms with van der Waals surface area (Å²) in [5, 5.41) is 8.81. The minimum atomic E-state index is -1.10. The smallest absolute Gasteiger partial charge is 0.316 e. The van der Waals surface area contributed by atoms with Gasteiger partial charge in [-0.1, -0.05) is 30.3 Å². The SMILES string of the molecule is O=C1NC(=O)C(c2ccccc2)(c2ccsc2)N1. The fourth-order valence-corrected chi connectivity index (χ4v) is 2.90. The Bertz CT molecular complexity index is 595. The lowest BCUT2D eigenvalue weighted by molar-refractivity contribution is -0.122. The number of rotatable bonds is 2. The molecule has 2 aromatic rings. The maximum atomic E-state index is 12.2. The van der Waals surface area contributed by atoms with Gasteiger partial charge in [0.05, 0.1) is 0 Å². The maximum absolute atomic E-state index is 12.2. The number of amides is 3. The molecule has 0 aliphatic carbocycles. The molecule has 1 aliphatic rings. The first-order valence-electron chi connectivity index (χ1n) is 5.45. The standard InChI is InChI=1S/C13H10N2O2S/c16-11-13(15-12(17)14-11,10-6-7-18-8-10)9-4-2-1-3-5-9/h1-8H,(H2,14,15,16,17). The summed E-state index contributed by atoms with van der Waals surface area (Å²) in [5.41, 5.74) is 0.437. The molecule has 0 spiro atoms. The highest BCUT2D eigenvalue weighted by Crippen LogP contribution is 2.33. The molecular formula is C13H10N2O2S. The summed E-state index contributed by atoms with van der Waals surface area (Å²) in [5.74, 6) is -0.336. The van der Waals surface area contributed by atoms with Crippen LogP contribution < -0.4 is 10.6 Å². The van der Waals surface area contributed by atoms with Gasteiger partial charge in [0.25, 0.3) is 5.91 Å². The van der Waals surface area contributed by atoms with Crippen LogP contribution in [-0.4, -0.2) is 11.9 Å². The van der Waals surface area contributed by atoms with E-state index in [0.29, 0.717) is 0 Å². The predicted octanol–water partition coefficient (Wildman–Crippen LogP) is 1.83. The summed E-state index contributed by atoms with van der Waals surface area (Å²) < 4.78 is 0. The van der Waals surface area contributed by atoms with Crippen molar-refractivity contribution in [3.8, 4) is 0 Å². The second kappa shape index (κ2) is 3.96. The van der Waals surface area contributed by atoms with E-state index in [-0.39, 0.29) is 5.91 Å². The summed E-state index contributed by atoms with van der Waals surface area (Å²) in [6.45, 7) is 0. The maximum Gasteiger partial charge on any atom is 0.322 e. The molecule has 18 heavy (non-hydrogen) atoms. The van der Waals surface area contributed by atoms with Crippen molar-refractivity contribution >= 4 is 23.3 Å². The van der Waals surface area contributed by atoms with Crippen molar-refractivity contribution in [1.82, 2.24) is 10.6 Å². The number of urea groups is 1. The monoisotopic (exact) mass is 258 g/mol. The van der Waals surface area contributed by atoms with E-state index in [1.807, 2.05) is 47.2 Å². The number of imide groups is 1. The lowest BCUT2D eigenvalue weighted by atomic mass is 9.84. The molecule has 4 nitrogen and oxygen atoms in total. The van der Waals surface area contributed by atoms with E-state index in [9.17, 15) is 9.59 Å². The molecule has 5 heteroatoms. The summed E-state index contributed by atoms with van der Waals surface area (Å²) in [6, 6.07) is 10.6. The molecule has 1 fully saturated rings. The Morgan fingerprint density at radius 2 is 1.78 bits per heavy atom. The second-order valence-corrected chi connectivity index (χ2v) is 4.82. The van der Waals surface area contributed by atoms with Crippen molar-refractivity contribution < 1.29 is 9.59 Å². The Balaban J connectivity index is 2.22. The van der Waals surface area contributed by atoms with Crippen LogP contribution in [0.5, 0.6) is 0 Å². The number of carbonyl (C=O) groups is 2. The third kappa shape index (κ3) is 1.44. The fourth-order valence-electron chi connectivity index (χ4n) is 2.19. The quantitative estimate of drug-likeness (QED) is 0.807. The molecule has 3 rings (SSSR count). The number of hydrogen-bond donors (Lipinski definition) is 2. The Kier molecular flexibility index (Phi) is 2.41. The Morgan fingerprint density at radius 1 is 1.00 bits per heavy atom. The molecule has 0 radical (unpaired) electrons. The Morgan fingerprint density at radius 3 is 2.33 bits per heavy atom. The minimum Gasteiger partial charge on any atom is -0.316 e. The first-order chi connectivity index (χ1) is 8.73. The molecule has 1 aromatic carbocycles. The molecule has 2 N–H and O–H groups in total. The Hall–Kier alpha value is -2.14. The van der Waals surface area contributed by atoms with E-state index in [1.54, 1.807) is 0 Å². The number of nitrogens with one attached hydrogen (secondary N) is 2. The van der Waals surface area contributed by atoms with E-state index in [4.69, 9.17) is 0 Å². The normalized spacial score (nSPS) is 22.7. The van der Waals surface area contributed by atoms with Crippen LogP contribution in [0.2, 0.25) is 0 Å². The largest absolute Gasteiger partial charge is 0.322 e. The van der Waals surface area contributed by atoms with Crippen LogP contribution in [0.4, 0.5) is 4.79 Å². The van der Waals surface area contributed by atoms with E-state index in [2.05, 4.69) is 10.6 Å². The molecule has 0 saturated carbocycles. The zero-order chi connectivity index (χ0) is 12.6. The average Bonchev–Trinajstić information content (AvgIpc) is 2.99. The molecule has 1 aliphatic heterocycles. The molecule has 1 saturated heterocycles. The van der Waals surface area contributed by atoms with Crippen LogP contribution in [0.25, 0.3) is 0 Å². The lowest BCUT2D eigenvalue weighted by Gasteiger charge is -2.25. The molecule has 3 amide bonds. The first kappa shape index (κ1) is 11.0. The molecule has 2 heterocycles. The van der Waals surface area contributed by atoms with Gasteiger partial charge in [-0.2, -0.15) is 11.3 Å². The average molecular weight is 258 g/mol. The van der Waals surface area contributed by atoms with Gasteiger partial charge in [0.15, 0.2) is 5.54 Å². The number of hydrogen-bond acceptors (Lipinski definition) is 3. The van der Waals surface area contributed by atoms with E-state index < -0.39 is 11.6 Å². The summed E-state index contributed by atoms with van der Waals surface area (Å²) in [6.07, 6.45) is 0. The second-order valence-electron chi connectivity index (χ2n) is 4.04. The van der Waals surface area contributed by atoms with Gasteiger partial charge in [-0.05, 0) is 22.4 Å². The van der Waals surface area contributed by atoms with Crippen LogP contribution in [0, 0.1) is 0 Å². The lowest BCUT2D eigenvalue weighted by Crippen LogP contribution is -2.44. The van der Waals surface area contributed by atoms with Crippen molar-refractivity contribution in [2.24, 2.45) is 0 Å². The highest BCUT2D eigenvalue weighted by atomic mass is 32.1. The molecular weight excluding hydrogens is 248 g/mol. The van der Waals surface area contributed by atoms with Gasteiger partial charge in [-0.25, -0.2) is 4.79 Å². The summed E-state index contributed by atoms with van der Waals surface area (Å²) >= 11 is 1.49. The minimum absolute atomic E-state index is 0.336. The van der Waals surface area contributed by atoms with Gasteiger partial charge in [0, 0.05) is 5.56 Å². The van der Waals surface area contributed by atoms with Gasteiger partial charge in [-0.15, -0.1) is 0 Å². The number of carbonyl (C=O) groups excluding carboxylic acids is 2. The molecule has 1 unspecified atom stereocenters. The number of thiophene rings is 1. The predicted molar refractivity (Wildman–Crippen MR) is 68.2 cm³/mol. The highest BCUT2D eigenvalue weighted by Gasteiger charge is 2.49. The van der Waals surface area contributed by atoms with Crippen LogP contribution in [0.3, 0.4) is 0 Å². The van der Waals surface area contributed by atoms with Gasteiger partial charge >= 0.3 is 6.03 Å². The van der Waals surface area contributed by atoms with Crippen LogP contribution in [0.15, 0.2) is 47.2 Å². The van der Waals surface area contributed by atoms with E-state index in [1.165, 1.54) is 11.3 Å². The van der Waals surface area contributed by atoms with Crippen molar-refractivity contribution in [3.05, 3.63) is 58.3 Å². The van der Waals surface area contributed by atoms with Gasteiger partial charge < -0.3 is 5.32 Å². The Labute approximate surface area is 108 Å². The third-order valence-electron chi connectivity index (χ3n) is 3.03. The summed E-state index contributed by atoms with van der Waals surface area (Å²) in [7, 11) is 0. The van der Waals surface area contributed by atoms with Crippen molar-refractivity contribution in [3.63, 3.8) is 0 Å². The van der Waals surface area contributed by atoms with Crippen LogP contribution in [-0.2, 0) is 10.3 Å². The van der Waals surface area contributed by atoms with E-state index >= 15 is 0 Å². The first-order valence-corrected chi connectivity index (χ1v) is 6.39. The van der Waals surface area contributed by atoms with Crippen LogP contribution >= 0.6 is 11.3 Å². The van der Waals surface area contributed by atoms with Crippen molar-refractivity contribution in [2.75, 3.05) is 0 Å². The molecule has 1 aromatic heterocycles. The van der Waals surface area contributed by atoms with Crippen molar-refractivity contribution in [2.45, 2.75) is 5.54 Å². The number of benzene rings is 1. The van der Waals surface area contributed by atoms with Crippen molar-refractivity contribution in [1.29, 1.82) is 0 Å². The molecule has 0 bridgehead atoms.